The zero-order valence-electron chi connectivity index (χ0n) is 18.5. The number of H-pyrrole nitrogens is 1. The van der Waals surface area contributed by atoms with Gasteiger partial charge in [-0.15, -0.1) is 0 Å². The van der Waals surface area contributed by atoms with Gasteiger partial charge in [0.1, 0.15) is 5.39 Å². The van der Waals surface area contributed by atoms with Crippen molar-refractivity contribution in [1.82, 2.24) is 20.1 Å². The van der Waals surface area contributed by atoms with Crippen molar-refractivity contribution in [1.29, 1.82) is 5.26 Å². The number of rotatable bonds is 6. The van der Waals surface area contributed by atoms with Crippen LogP contribution in [0, 0.1) is 23.2 Å². The number of hydrogen-bond donors (Lipinski definition) is 3. The molecule has 9 heteroatoms. The van der Waals surface area contributed by atoms with Gasteiger partial charge >= 0.3 is 0 Å². The third-order valence-electron chi connectivity index (χ3n) is 6.86. The zero-order chi connectivity index (χ0) is 22.2. The summed E-state index contributed by atoms with van der Waals surface area (Å²) >= 11 is 6.00. The predicted molar refractivity (Wildman–Crippen MR) is 137 cm³/mol. The molecule has 2 unspecified atom stereocenters. The van der Waals surface area contributed by atoms with E-state index in [4.69, 9.17) is 16.7 Å². The second kappa shape index (κ2) is 9.80. The second-order valence-corrected chi connectivity index (χ2v) is 9.53. The van der Waals surface area contributed by atoms with Crippen molar-refractivity contribution in [2.75, 3.05) is 5.32 Å². The summed E-state index contributed by atoms with van der Waals surface area (Å²) in [7, 11) is 0. The van der Waals surface area contributed by atoms with Crippen LogP contribution in [0.1, 0.15) is 45.1 Å². The fourth-order valence-electron chi connectivity index (χ4n) is 4.95. The van der Waals surface area contributed by atoms with Gasteiger partial charge < -0.3 is 15.6 Å². The zero-order valence-corrected chi connectivity index (χ0v) is 20.3. The van der Waals surface area contributed by atoms with Gasteiger partial charge in [-0.3, -0.25) is 9.48 Å². The second-order valence-electron chi connectivity index (χ2n) is 9.10. The van der Waals surface area contributed by atoms with Crippen molar-refractivity contribution < 1.29 is 0 Å². The van der Waals surface area contributed by atoms with E-state index in [0.29, 0.717) is 28.3 Å². The van der Waals surface area contributed by atoms with E-state index in [1.165, 1.54) is 12.8 Å². The Hall–Kier alpha value is -2.47. The van der Waals surface area contributed by atoms with Gasteiger partial charge in [0.05, 0.1) is 23.5 Å². The maximum atomic E-state index is 12.7. The molecule has 0 aliphatic heterocycles. The number of benzene rings is 1. The molecule has 0 saturated heterocycles. The average molecular weight is 485 g/mol. The lowest BCUT2D eigenvalue weighted by molar-refractivity contribution is 0.219. The van der Waals surface area contributed by atoms with Gasteiger partial charge in [-0.25, -0.2) is 0 Å². The van der Waals surface area contributed by atoms with Crippen LogP contribution >= 0.6 is 25.1 Å². The molecule has 3 aromatic rings. The van der Waals surface area contributed by atoms with E-state index < -0.39 is 0 Å². The topological polar surface area (TPSA) is 98.5 Å². The SMILES string of the molecule is CC(N[C@H]1CC[C@@H](n2nc(Nc3ccc(Cl)cc3)c3c(=O)[nH]ccc32)C(C#N)C1)C1CC1.S. The van der Waals surface area contributed by atoms with Crippen molar-refractivity contribution in [3.05, 3.63) is 51.9 Å². The molecule has 2 fully saturated rings. The summed E-state index contributed by atoms with van der Waals surface area (Å²) in [5.74, 6) is 1.11. The van der Waals surface area contributed by atoms with Crippen LogP contribution < -0.4 is 16.2 Å². The molecule has 0 radical (unpaired) electrons. The number of hydrogen-bond acceptors (Lipinski definition) is 5. The monoisotopic (exact) mass is 484 g/mol. The normalized spacial score (nSPS) is 23.5. The summed E-state index contributed by atoms with van der Waals surface area (Å²) in [6.07, 6.45) is 6.88. The molecule has 0 spiro atoms. The lowest BCUT2D eigenvalue weighted by Gasteiger charge is -2.35. The minimum Gasteiger partial charge on any atom is -0.338 e. The number of fused-ring (bicyclic) bond motifs is 1. The molecular weight excluding hydrogens is 456 g/mol. The number of anilines is 2. The third kappa shape index (κ3) is 4.91. The summed E-state index contributed by atoms with van der Waals surface area (Å²) in [5.41, 5.74) is 1.34. The van der Waals surface area contributed by atoms with Crippen molar-refractivity contribution in [3.63, 3.8) is 0 Å². The summed E-state index contributed by atoms with van der Waals surface area (Å²) in [4.78, 5) is 15.4. The first-order chi connectivity index (χ1) is 15.5. The minimum absolute atomic E-state index is 0. The first-order valence-electron chi connectivity index (χ1n) is 11.3. The smallest absolute Gasteiger partial charge is 0.261 e. The fraction of sp³-hybridized carbons (Fsp3) is 0.458. The molecule has 2 aliphatic carbocycles. The predicted octanol–water partition coefficient (Wildman–Crippen LogP) is 4.86. The van der Waals surface area contributed by atoms with Gasteiger partial charge in [0.15, 0.2) is 5.82 Å². The van der Waals surface area contributed by atoms with Crippen LogP contribution in [0.15, 0.2) is 41.3 Å². The Kier molecular flexibility index (Phi) is 7.03. The molecule has 2 aromatic heterocycles. The van der Waals surface area contributed by atoms with Crippen LogP contribution in [0.5, 0.6) is 0 Å². The van der Waals surface area contributed by atoms with E-state index in [-0.39, 0.29) is 31.0 Å². The van der Waals surface area contributed by atoms with Crippen molar-refractivity contribution in [2.24, 2.45) is 11.8 Å². The largest absolute Gasteiger partial charge is 0.338 e. The molecule has 0 bridgehead atoms. The molecule has 2 aliphatic rings. The van der Waals surface area contributed by atoms with Crippen molar-refractivity contribution in [2.45, 2.75) is 57.2 Å². The maximum Gasteiger partial charge on any atom is 0.261 e. The Bertz CT molecular complexity index is 1210. The maximum absolute atomic E-state index is 12.7. The molecule has 7 nitrogen and oxygen atoms in total. The molecule has 5 rings (SSSR count). The Balaban J connectivity index is 0.00000259. The first kappa shape index (κ1) is 23.7. The lowest BCUT2D eigenvalue weighted by atomic mass is 9.82. The van der Waals surface area contributed by atoms with Crippen molar-refractivity contribution >= 4 is 47.5 Å². The summed E-state index contributed by atoms with van der Waals surface area (Å²) in [5, 5.41) is 22.9. The van der Waals surface area contributed by atoms with Crippen molar-refractivity contribution in [3.8, 4) is 6.07 Å². The third-order valence-corrected chi connectivity index (χ3v) is 7.11. The molecular formula is C24H29ClN6OS. The van der Waals surface area contributed by atoms with E-state index >= 15 is 0 Å². The standard InChI is InChI=1S/C24H27ClN6O.H2S/c1-14(15-2-3-15)28-19-8-9-20(16(12-19)13-26)31-21-10-11-27-24(32)22(21)23(30-31)29-18-6-4-17(25)5-7-18;/h4-7,10-11,14-16,19-20,28H,2-3,8-9,12H2,1H3,(H,27,32)(H,29,30);1H2/t14?,16?,19-,20+;/m0./s1. The molecule has 0 amide bonds. The highest BCUT2D eigenvalue weighted by atomic mass is 35.5. The highest BCUT2D eigenvalue weighted by molar-refractivity contribution is 7.59. The summed E-state index contributed by atoms with van der Waals surface area (Å²) in [6, 6.07) is 12.4. The molecule has 4 atom stereocenters. The number of halogens is 1. The van der Waals surface area contributed by atoms with Gasteiger partial charge in [0.25, 0.3) is 5.56 Å². The Labute approximate surface area is 205 Å². The van der Waals surface area contributed by atoms with E-state index in [1.807, 2.05) is 22.9 Å². The number of aromatic nitrogens is 3. The van der Waals surface area contributed by atoms with Crippen LogP contribution in [0.2, 0.25) is 5.02 Å². The number of nitrogens with zero attached hydrogens (tertiary/aromatic N) is 3. The highest BCUT2D eigenvalue weighted by Gasteiger charge is 2.36. The number of aromatic amines is 1. The van der Waals surface area contributed by atoms with Crippen LogP contribution in [0.4, 0.5) is 11.5 Å². The van der Waals surface area contributed by atoms with Gasteiger partial charge in [0, 0.05) is 29.0 Å². The van der Waals surface area contributed by atoms with Crippen LogP contribution in [-0.4, -0.2) is 26.8 Å². The quantitative estimate of drug-likeness (QED) is 0.464. The van der Waals surface area contributed by atoms with Crippen LogP contribution in [-0.2, 0) is 0 Å². The molecule has 1 aromatic carbocycles. The molecule has 3 N–H and O–H groups in total. The average Bonchev–Trinajstić information content (AvgIpc) is 3.58. The lowest BCUT2D eigenvalue weighted by Crippen LogP contribution is -2.43. The summed E-state index contributed by atoms with van der Waals surface area (Å²) in [6.45, 7) is 2.26. The van der Waals surface area contributed by atoms with Gasteiger partial charge in [-0.1, -0.05) is 11.6 Å². The van der Waals surface area contributed by atoms with Crippen LogP contribution in [0.25, 0.3) is 10.9 Å². The Morgan fingerprint density at radius 3 is 2.67 bits per heavy atom. The molecule has 33 heavy (non-hydrogen) atoms. The van der Waals surface area contributed by atoms with Gasteiger partial charge in [0.2, 0.25) is 0 Å². The van der Waals surface area contributed by atoms with E-state index in [1.54, 1.807) is 18.3 Å². The van der Waals surface area contributed by atoms with Crippen LogP contribution in [0.3, 0.4) is 0 Å². The molecule has 174 valence electrons. The molecule has 2 saturated carbocycles. The minimum atomic E-state index is -0.202. The van der Waals surface area contributed by atoms with Gasteiger partial charge in [-0.2, -0.15) is 23.9 Å². The Morgan fingerprint density at radius 1 is 1.21 bits per heavy atom. The van der Waals surface area contributed by atoms with E-state index in [9.17, 15) is 10.1 Å². The van der Waals surface area contributed by atoms with E-state index in [0.717, 1.165) is 36.4 Å². The van der Waals surface area contributed by atoms with E-state index in [2.05, 4.69) is 28.6 Å². The molecule has 2 heterocycles. The number of pyridine rings is 1. The first-order valence-corrected chi connectivity index (χ1v) is 11.7. The number of nitriles is 1. The number of nitrogens with one attached hydrogen (secondary N) is 3. The highest BCUT2D eigenvalue weighted by Crippen LogP contribution is 2.38. The summed E-state index contributed by atoms with van der Waals surface area (Å²) < 4.78 is 1.89. The fourth-order valence-corrected chi connectivity index (χ4v) is 5.08. The Morgan fingerprint density at radius 2 is 1.97 bits per heavy atom. The van der Waals surface area contributed by atoms with Gasteiger partial charge in [-0.05, 0) is 75.3 Å².